The summed E-state index contributed by atoms with van der Waals surface area (Å²) in [5.41, 5.74) is 7.04. The Morgan fingerprint density at radius 1 is 1.67 bits per heavy atom. The Morgan fingerprint density at radius 3 is 3.06 bits per heavy atom. The van der Waals surface area contributed by atoms with Crippen molar-refractivity contribution in [1.29, 1.82) is 0 Å². The van der Waals surface area contributed by atoms with Gasteiger partial charge in [-0.2, -0.15) is 5.10 Å². The molecule has 2 heterocycles. The number of hydrogen-bond acceptors (Lipinski definition) is 3. The predicted octanol–water partition coefficient (Wildman–Crippen LogP) is 1.51. The number of aryl methyl sites for hydroxylation is 1. The molecule has 18 heavy (non-hydrogen) atoms. The van der Waals surface area contributed by atoms with Gasteiger partial charge in [-0.3, -0.25) is 9.89 Å². The molecule has 0 radical (unpaired) electrons. The quantitative estimate of drug-likeness (QED) is 0.799. The number of anilines is 1. The number of nitrogens with two attached hydrogens (primary N) is 1. The predicted molar refractivity (Wildman–Crippen MR) is 72.0 cm³/mol. The van der Waals surface area contributed by atoms with Crippen molar-refractivity contribution < 1.29 is 4.79 Å². The van der Waals surface area contributed by atoms with Gasteiger partial charge in [-0.25, -0.2) is 0 Å². The van der Waals surface area contributed by atoms with Crippen molar-refractivity contribution in [2.45, 2.75) is 20.0 Å². The van der Waals surface area contributed by atoms with E-state index in [1.54, 1.807) is 12.3 Å². The summed E-state index contributed by atoms with van der Waals surface area (Å²) in [7, 11) is 0. The van der Waals surface area contributed by atoms with Gasteiger partial charge in [0.05, 0.1) is 6.20 Å². The highest BCUT2D eigenvalue weighted by Gasteiger charge is 2.12. The zero-order valence-electron chi connectivity index (χ0n) is 9.90. The fraction of sp³-hybridized carbons (Fsp3) is 0.273. The molecule has 6 nitrogen and oxygen atoms in total. The number of carbonyl (C=O) groups is 1. The van der Waals surface area contributed by atoms with Crippen molar-refractivity contribution in [2.24, 2.45) is 0 Å². The number of aromatic amines is 1. The second kappa shape index (κ2) is 5.26. The van der Waals surface area contributed by atoms with Crippen LogP contribution in [0.15, 0.2) is 22.9 Å². The van der Waals surface area contributed by atoms with Crippen molar-refractivity contribution in [3.8, 4) is 0 Å². The molecule has 0 saturated carbocycles. The third-order valence-electron chi connectivity index (χ3n) is 2.63. The van der Waals surface area contributed by atoms with Crippen molar-refractivity contribution in [3.63, 3.8) is 0 Å². The highest BCUT2D eigenvalue weighted by Crippen LogP contribution is 2.15. The fourth-order valence-corrected chi connectivity index (χ4v) is 2.12. The number of hydrogen-bond donors (Lipinski definition) is 3. The largest absolute Gasteiger partial charge is 0.384 e. The maximum atomic E-state index is 12.0. The number of carbonyl (C=O) groups excluding carboxylic acids is 1. The van der Waals surface area contributed by atoms with E-state index in [1.165, 1.54) is 0 Å². The highest BCUT2D eigenvalue weighted by molar-refractivity contribution is 9.10. The summed E-state index contributed by atoms with van der Waals surface area (Å²) in [6, 6.07) is 1.79. The molecule has 0 fully saturated rings. The first kappa shape index (κ1) is 12.7. The van der Waals surface area contributed by atoms with Crippen LogP contribution in [-0.2, 0) is 13.1 Å². The highest BCUT2D eigenvalue weighted by atomic mass is 79.9. The fourth-order valence-electron chi connectivity index (χ4n) is 1.65. The first-order valence-corrected chi connectivity index (χ1v) is 6.32. The molecule has 0 spiro atoms. The lowest BCUT2D eigenvalue weighted by atomic mass is 10.3. The minimum Gasteiger partial charge on any atom is -0.384 e. The first-order chi connectivity index (χ1) is 8.61. The van der Waals surface area contributed by atoms with Crippen LogP contribution >= 0.6 is 15.9 Å². The Morgan fingerprint density at radius 2 is 2.44 bits per heavy atom. The second-order valence-electron chi connectivity index (χ2n) is 3.82. The summed E-state index contributed by atoms with van der Waals surface area (Å²) in [6.07, 6.45) is 3.48. The van der Waals surface area contributed by atoms with Crippen LogP contribution < -0.4 is 11.1 Å². The number of H-pyrrole nitrogens is 1. The van der Waals surface area contributed by atoms with E-state index in [1.807, 2.05) is 17.7 Å². The van der Waals surface area contributed by atoms with Gasteiger partial charge in [-0.05, 0) is 28.9 Å². The van der Waals surface area contributed by atoms with Crippen molar-refractivity contribution in [3.05, 3.63) is 34.2 Å². The molecular formula is C11H14BrN5O. The molecule has 0 saturated heterocycles. The molecule has 0 aliphatic rings. The molecule has 7 heteroatoms. The molecule has 0 atom stereocenters. The lowest BCUT2D eigenvalue weighted by Crippen LogP contribution is -2.25. The van der Waals surface area contributed by atoms with E-state index < -0.39 is 0 Å². The SMILES string of the molecule is CCn1cc(Br)cc1C(=O)NCc1cn[nH]c1N. The third kappa shape index (κ3) is 2.56. The molecule has 0 aliphatic carbocycles. The molecule has 0 unspecified atom stereocenters. The number of nitrogen functional groups attached to an aromatic ring is 1. The molecule has 96 valence electrons. The average Bonchev–Trinajstić information content (AvgIpc) is 2.92. The van der Waals surface area contributed by atoms with Gasteiger partial charge in [0.2, 0.25) is 0 Å². The number of rotatable bonds is 4. The monoisotopic (exact) mass is 311 g/mol. The van der Waals surface area contributed by atoms with E-state index in [9.17, 15) is 4.79 Å². The molecule has 4 N–H and O–H groups in total. The van der Waals surface area contributed by atoms with Crippen molar-refractivity contribution >= 4 is 27.7 Å². The van der Waals surface area contributed by atoms with Gasteiger partial charge < -0.3 is 15.6 Å². The van der Waals surface area contributed by atoms with E-state index in [0.29, 0.717) is 18.1 Å². The zero-order chi connectivity index (χ0) is 13.1. The normalized spacial score (nSPS) is 10.6. The zero-order valence-corrected chi connectivity index (χ0v) is 11.5. The van der Waals surface area contributed by atoms with Crippen molar-refractivity contribution in [2.75, 3.05) is 5.73 Å². The molecular weight excluding hydrogens is 298 g/mol. The van der Waals surface area contributed by atoms with E-state index in [-0.39, 0.29) is 5.91 Å². The molecule has 2 aromatic rings. The first-order valence-electron chi connectivity index (χ1n) is 5.53. The van der Waals surface area contributed by atoms with Crippen molar-refractivity contribution in [1.82, 2.24) is 20.1 Å². The van der Waals surface area contributed by atoms with Crippen LogP contribution in [0.3, 0.4) is 0 Å². The maximum absolute atomic E-state index is 12.0. The summed E-state index contributed by atoms with van der Waals surface area (Å²) in [4.78, 5) is 12.0. The van der Waals surface area contributed by atoms with Crippen LogP contribution in [0.1, 0.15) is 23.0 Å². The van der Waals surface area contributed by atoms with Gasteiger partial charge in [0, 0.05) is 29.3 Å². The maximum Gasteiger partial charge on any atom is 0.268 e. The third-order valence-corrected chi connectivity index (χ3v) is 3.06. The molecule has 0 bridgehead atoms. The van der Waals surface area contributed by atoms with E-state index in [4.69, 9.17) is 5.73 Å². The van der Waals surface area contributed by atoms with Crippen LogP contribution in [0.25, 0.3) is 0 Å². The minimum absolute atomic E-state index is 0.136. The number of amides is 1. The van der Waals surface area contributed by atoms with Gasteiger partial charge >= 0.3 is 0 Å². The lowest BCUT2D eigenvalue weighted by molar-refractivity contribution is 0.0942. The number of halogens is 1. The minimum atomic E-state index is -0.136. The smallest absolute Gasteiger partial charge is 0.268 e. The summed E-state index contributed by atoms with van der Waals surface area (Å²) in [6.45, 7) is 3.08. The van der Waals surface area contributed by atoms with E-state index >= 15 is 0 Å². The summed E-state index contributed by atoms with van der Waals surface area (Å²) in [5.74, 6) is 0.338. The average molecular weight is 312 g/mol. The summed E-state index contributed by atoms with van der Waals surface area (Å²) < 4.78 is 2.76. The number of nitrogens with one attached hydrogen (secondary N) is 2. The molecule has 2 aromatic heterocycles. The van der Waals surface area contributed by atoms with Gasteiger partial charge in [0.1, 0.15) is 11.5 Å². The Labute approximate surface area is 113 Å². The summed E-state index contributed by atoms with van der Waals surface area (Å²) >= 11 is 3.36. The second-order valence-corrected chi connectivity index (χ2v) is 4.74. The summed E-state index contributed by atoms with van der Waals surface area (Å²) in [5, 5.41) is 9.23. The van der Waals surface area contributed by atoms with E-state index in [0.717, 1.165) is 16.6 Å². The number of nitrogens with zero attached hydrogens (tertiary/aromatic N) is 2. The van der Waals surface area contributed by atoms with Crippen LogP contribution in [0.2, 0.25) is 0 Å². The van der Waals surface area contributed by atoms with Gasteiger partial charge in [-0.1, -0.05) is 0 Å². The van der Waals surface area contributed by atoms with Crippen LogP contribution in [0, 0.1) is 0 Å². The lowest BCUT2D eigenvalue weighted by Gasteiger charge is -2.07. The van der Waals surface area contributed by atoms with Gasteiger partial charge in [0.15, 0.2) is 0 Å². The topological polar surface area (TPSA) is 88.7 Å². The molecule has 2 rings (SSSR count). The van der Waals surface area contributed by atoms with Gasteiger partial charge in [0.25, 0.3) is 5.91 Å². The number of aromatic nitrogens is 3. The Bertz CT molecular complexity index is 560. The molecule has 0 aromatic carbocycles. The Balaban J connectivity index is 2.06. The Kier molecular flexibility index (Phi) is 3.71. The van der Waals surface area contributed by atoms with Gasteiger partial charge in [-0.15, -0.1) is 0 Å². The van der Waals surface area contributed by atoms with Crippen LogP contribution in [-0.4, -0.2) is 20.7 Å². The van der Waals surface area contributed by atoms with E-state index in [2.05, 4.69) is 31.4 Å². The van der Waals surface area contributed by atoms with Crippen LogP contribution in [0.5, 0.6) is 0 Å². The Hall–Kier alpha value is -1.76. The molecule has 1 amide bonds. The standard InChI is InChI=1S/C11H14BrN5O/c1-2-17-6-8(12)3-9(17)11(18)14-4-7-5-15-16-10(7)13/h3,5-6H,2,4H2,1H3,(H,14,18)(H3,13,15,16). The van der Waals surface area contributed by atoms with Crippen LogP contribution in [0.4, 0.5) is 5.82 Å². The molecule has 0 aliphatic heterocycles.